The monoisotopic (exact) mass is 336 g/mol. The molecule has 0 aromatic heterocycles. The van der Waals surface area contributed by atoms with Crippen LogP contribution in [0.2, 0.25) is 10.0 Å². The second-order valence-corrected chi connectivity index (χ2v) is 5.51. The van der Waals surface area contributed by atoms with Crippen molar-refractivity contribution in [1.29, 1.82) is 0 Å². The van der Waals surface area contributed by atoms with Crippen LogP contribution in [0.4, 0.5) is 5.69 Å². The highest BCUT2D eigenvalue weighted by atomic mass is 35.5. The van der Waals surface area contributed by atoms with Crippen molar-refractivity contribution < 1.29 is 9.66 Å². The Hall–Kier alpha value is -2.11. The van der Waals surface area contributed by atoms with Crippen LogP contribution in [0.1, 0.15) is 17.2 Å². The average Bonchev–Trinajstić information content (AvgIpc) is 2.97. The Kier molecular flexibility index (Phi) is 4.00. The third-order valence-corrected chi connectivity index (χ3v) is 3.96. The van der Waals surface area contributed by atoms with E-state index in [1.54, 1.807) is 30.3 Å². The highest BCUT2D eigenvalue weighted by Gasteiger charge is 2.26. The fourth-order valence-corrected chi connectivity index (χ4v) is 2.87. The maximum atomic E-state index is 10.7. The van der Waals surface area contributed by atoms with Gasteiger partial charge in [-0.1, -0.05) is 29.3 Å². The maximum absolute atomic E-state index is 10.7. The fourth-order valence-electron chi connectivity index (χ4n) is 2.23. The summed E-state index contributed by atoms with van der Waals surface area (Å²) in [7, 11) is 0. The minimum Gasteiger partial charge on any atom is -0.467 e. The number of nitrogens with zero attached hydrogens (tertiary/aromatic N) is 2. The van der Waals surface area contributed by atoms with Crippen molar-refractivity contribution in [3.05, 3.63) is 73.8 Å². The Labute approximate surface area is 136 Å². The summed E-state index contributed by atoms with van der Waals surface area (Å²) in [6, 6.07) is 11.3. The zero-order valence-electron chi connectivity index (χ0n) is 11.2. The fraction of sp³-hybridized carbons (Fsp3) is 0.133. The lowest BCUT2D eigenvalue weighted by molar-refractivity contribution is -0.384. The number of nitro benzene ring substituents is 1. The Morgan fingerprint density at radius 3 is 2.36 bits per heavy atom. The van der Waals surface area contributed by atoms with E-state index >= 15 is 0 Å². The van der Waals surface area contributed by atoms with E-state index in [1.165, 1.54) is 12.1 Å². The van der Waals surface area contributed by atoms with Crippen molar-refractivity contribution in [3.8, 4) is 0 Å². The smallest absolute Gasteiger partial charge is 0.269 e. The molecule has 5 nitrogen and oxygen atoms in total. The van der Waals surface area contributed by atoms with Crippen LogP contribution in [0, 0.1) is 10.1 Å². The molecule has 1 aliphatic heterocycles. The van der Waals surface area contributed by atoms with Gasteiger partial charge >= 0.3 is 0 Å². The molecule has 0 spiro atoms. The molecule has 3 rings (SSSR count). The zero-order valence-corrected chi connectivity index (χ0v) is 12.7. The number of halogens is 2. The van der Waals surface area contributed by atoms with E-state index in [4.69, 9.17) is 27.9 Å². The normalized spacial score (nSPS) is 17.0. The summed E-state index contributed by atoms with van der Waals surface area (Å²) in [5, 5.41) is 11.7. The van der Waals surface area contributed by atoms with E-state index in [1.807, 2.05) is 0 Å². The number of aliphatic imine (C=N–C) groups is 1. The first kappa shape index (κ1) is 14.8. The molecule has 0 fully saturated rings. The molecule has 7 heteroatoms. The van der Waals surface area contributed by atoms with Crippen LogP contribution >= 0.6 is 23.2 Å². The molecule has 22 heavy (non-hydrogen) atoms. The quantitative estimate of drug-likeness (QED) is 0.615. The van der Waals surface area contributed by atoms with Gasteiger partial charge in [-0.05, 0) is 24.3 Å². The Morgan fingerprint density at radius 2 is 1.77 bits per heavy atom. The summed E-state index contributed by atoms with van der Waals surface area (Å²) in [6.07, 6.45) is -0.355. The van der Waals surface area contributed by atoms with Crippen molar-refractivity contribution in [1.82, 2.24) is 0 Å². The van der Waals surface area contributed by atoms with Crippen molar-refractivity contribution in [3.63, 3.8) is 0 Å². The average molecular weight is 337 g/mol. The molecule has 0 bridgehead atoms. The van der Waals surface area contributed by atoms with Gasteiger partial charge in [0.2, 0.25) is 5.90 Å². The van der Waals surface area contributed by atoms with Gasteiger partial charge < -0.3 is 4.74 Å². The molecule has 0 amide bonds. The maximum Gasteiger partial charge on any atom is 0.269 e. The Morgan fingerprint density at radius 1 is 1.14 bits per heavy atom. The standard InChI is InChI=1S/C15H10Cl2N2O3/c16-11-2-1-3-12(17)14(11)13-8-18-15(22-13)9-4-6-10(7-5-9)19(20)21/h1-7,13H,8H2. The second kappa shape index (κ2) is 5.94. The van der Waals surface area contributed by atoms with Crippen molar-refractivity contribution in [2.24, 2.45) is 4.99 Å². The predicted octanol–water partition coefficient (Wildman–Crippen LogP) is 4.42. The minimum absolute atomic E-state index is 0.0213. The molecule has 2 aromatic rings. The molecule has 0 saturated carbocycles. The molecule has 0 radical (unpaired) electrons. The molecule has 1 aliphatic rings. The first-order valence-corrected chi connectivity index (χ1v) is 7.21. The lowest BCUT2D eigenvalue weighted by Gasteiger charge is -2.14. The highest BCUT2D eigenvalue weighted by molar-refractivity contribution is 6.36. The first-order chi connectivity index (χ1) is 10.6. The van der Waals surface area contributed by atoms with Crippen LogP contribution in [-0.2, 0) is 4.74 Å². The van der Waals surface area contributed by atoms with E-state index in [9.17, 15) is 10.1 Å². The highest BCUT2D eigenvalue weighted by Crippen LogP contribution is 2.35. The van der Waals surface area contributed by atoms with Crippen LogP contribution in [0.15, 0.2) is 47.5 Å². The topological polar surface area (TPSA) is 64.7 Å². The molecule has 1 unspecified atom stereocenters. The van der Waals surface area contributed by atoms with Gasteiger partial charge in [-0.2, -0.15) is 0 Å². The summed E-state index contributed by atoms with van der Waals surface area (Å²) in [4.78, 5) is 14.5. The number of ether oxygens (including phenoxy) is 1. The third kappa shape index (κ3) is 2.77. The van der Waals surface area contributed by atoms with Gasteiger partial charge in [-0.25, -0.2) is 4.99 Å². The van der Waals surface area contributed by atoms with Gasteiger partial charge in [0.05, 0.1) is 11.5 Å². The predicted molar refractivity (Wildman–Crippen MR) is 84.8 cm³/mol. The second-order valence-electron chi connectivity index (χ2n) is 4.69. The summed E-state index contributed by atoms with van der Waals surface area (Å²) < 4.78 is 5.81. The van der Waals surface area contributed by atoms with E-state index in [2.05, 4.69) is 4.99 Å². The summed E-state index contributed by atoms with van der Waals surface area (Å²) in [6.45, 7) is 0.399. The molecule has 1 heterocycles. The number of hydrogen-bond donors (Lipinski definition) is 0. The number of rotatable bonds is 3. The number of benzene rings is 2. The number of non-ortho nitro benzene ring substituents is 1. The molecule has 0 N–H and O–H groups in total. The lowest BCUT2D eigenvalue weighted by atomic mass is 10.1. The van der Waals surface area contributed by atoms with E-state index in [-0.39, 0.29) is 11.8 Å². The Balaban J connectivity index is 1.81. The van der Waals surface area contributed by atoms with Crippen LogP contribution in [0.3, 0.4) is 0 Å². The lowest BCUT2D eigenvalue weighted by Crippen LogP contribution is -2.07. The van der Waals surface area contributed by atoms with Gasteiger partial charge in [0.15, 0.2) is 0 Å². The summed E-state index contributed by atoms with van der Waals surface area (Å²) in [5.74, 6) is 0.427. The first-order valence-electron chi connectivity index (χ1n) is 6.46. The van der Waals surface area contributed by atoms with Crippen LogP contribution in [-0.4, -0.2) is 17.4 Å². The Bertz CT molecular complexity index is 740. The van der Waals surface area contributed by atoms with Crippen molar-refractivity contribution >= 4 is 34.8 Å². The SMILES string of the molecule is O=[N+]([O-])c1ccc(C2=NCC(c3c(Cl)cccc3Cl)O2)cc1. The zero-order chi connectivity index (χ0) is 15.7. The van der Waals surface area contributed by atoms with Crippen LogP contribution in [0.25, 0.3) is 0 Å². The van der Waals surface area contributed by atoms with Gasteiger partial charge in [-0.3, -0.25) is 10.1 Å². The van der Waals surface area contributed by atoms with Gasteiger partial charge in [0.1, 0.15) is 6.10 Å². The number of nitro groups is 1. The third-order valence-electron chi connectivity index (χ3n) is 3.30. The minimum atomic E-state index is -0.451. The summed E-state index contributed by atoms with van der Waals surface area (Å²) in [5.41, 5.74) is 1.40. The van der Waals surface area contributed by atoms with Crippen LogP contribution < -0.4 is 0 Å². The molecule has 0 aliphatic carbocycles. The van der Waals surface area contributed by atoms with Crippen molar-refractivity contribution in [2.75, 3.05) is 6.54 Å². The van der Waals surface area contributed by atoms with Gasteiger partial charge in [0.25, 0.3) is 5.69 Å². The van der Waals surface area contributed by atoms with E-state index in [0.717, 1.165) is 0 Å². The summed E-state index contributed by atoms with van der Waals surface area (Å²) >= 11 is 12.3. The van der Waals surface area contributed by atoms with Crippen LogP contribution in [0.5, 0.6) is 0 Å². The molecule has 0 saturated heterocycles. The molecular formula is C15H10Cl2N2O3. The molecule has 2 aromatic carbocycles. The van der Waals surface area contributed by atoms with E-state index < -0.39 is 4.92 Å². The molecule has 1 atom stereocenters. The van der Waals surface area contributed by atoms with Crippen molar-refractivity contribution in [2.45, 2.75) is 6.10 Å². The van der Waals surface area contributed by atoms with E-state index in [0.29, 0.717) is 33.6 Å². The van der Waals surface area contributed by atoms with Gasteiger partial charge in [-0.15, -0.1) is 0 Å². The largest absolute Gasteiger partial charge is 0.467 e. The van der Waals surface area contributed by atoms with Gasteiger partial charge in [0, 0.05) is 33.3 Å². The molecule has 112 valence electrons. The molecular weight excluding hydrogens is 327 g/mol. The number of hydrogen-bond acceptors (Lipinski definition) is 4.